The van der Waals surface area contributed by atoms with Crippen molar-refractivity contribution in [1.29, 1.82) is 0 Å². The molecule has 0 aliphatic carbocycles. The SMILES string of the molecule is C[C@H](NC(=O)/C=C/c1cccc(F)c1)c1ccc(F)cc1. The molecular weight excluding hydrogens is 272 g/mol. The van der Waals surface area contributed by atoms with E-state index in [1.165, 1.54) is 36.4 Å². The van der Waals surface area contributed by atoms with Crippen LogP contribution in [0.2, 0.25) is 0 Å². The summed E-state index contributed by atoms with van der Waals surface area (Å²) in [5.74, 6) is -0.961. The molecule has 0 saturated carbocycles. The first-order chi connectivity index (χ1) is 10.0. The van der Waals surface area contributed by atoms with Gasteiger partial charge in [0.2, 0.25) is 5.91 Å². The Morgan fingerprint density at radius 1 is 1.10 bits per heavy atom. The predicted molar refractivity (Wildman–Crippen MR) is 78.4 cm³/mol. The smallest absolute Gasteiger partial charge is 0.244 e. The summed E-state index contributed by atoms with van der Waals surface area (Å²) < 4.78 is 25.8. The fourth-order valence-corrected chi connectivity index (χ4v) is 1.88. The van der Waals surface area contributed by atoms with E-state index in [4.69, 9.17) is 0 Å². The van der Waals surface area contributed by atoms with Gasteiger partial charge in [0, 0.05) is 6.08 Å². The summed E-state index contributed by atoms with van der Waals surface area (Å²) >= 11 is 0. The highest BCUT2D eigenvalue weighted by molar-refractivity contribution is 5.91. The molecular formula is C17H15F2NO. The third-order valence-electron chi connectivity index (χ3n) is 3.00. The lowest BCUT2D eigenvalue weighted by Gasteiger charge is -2.12. The van der Waals surface area contributed by atoms with E-state index in [9.17, 15) is 13.6 Å². The molecule has 0 fully saturated rings. The van der Waals surface area contributed by atoms with Crippen LogP contribution in [0.15, 0.2) is 54.6 Å². The van der Waals surface area contributed by atoms with Gasteiger partial charge in [0.25, 0.3) is 0 Å². The fraction of sp³-hybridized carbons (Fsp3) is 0.118. The van der Waals surface area contributed by atoms with Crippen LogP contribution in [0, 0.1) is 11.6 Å². The topological polar surface area (TPSA) is 29.1 Å². The third-order valence-corrected chi connectivity index (χ3v) is 3.00. The van der Waals surface area contributed by atoms with Crippen molar-refractivity contribution in [3.05, 3.63) is 77.4 Å². The summed E-state index contributed by atoms with van der Waals surface area (Å²) in [6.45, 7) is 1.81. The highest BCUT2D eigenvalue weighted by Crippen LogP contribution is 2.13. The molecule has 4 heteroatoms. The molecule has 0 aromatic heterocycles. The molecule has 1 amide bonds. The first-order valence-electron chi connectivity index (χ1n) is 6.54. The highest BCUT2D eigenvalue weighted by Gasteiger charge is 2.07. The van der Waals surface area contributed by atoms with Crippen molar-refractivity contribution in [2.75, 3.05) is 0 Å². The number of halogens is 2. The van der Waals surface area contributed by atoms with E-state index in [-0.39, 0.29) is 23.6 Å². The van der Waals surface area contributed by atoms with Gasteiger partial charge >= 0.3 is 0 Å². The lowest BCUT2D eigenvalue weighted by Crippen LogP contribution is -2.24. The first-order valence-corrected chi connectivity index (χ1v) is 6.54. The van der Waals surface area contributed by atoms with Gasteiger partial charge in [-0.25, -0.2) is 8.78 Å². The van der Waals surface area contributed by atoms with Gasteiger partial charge in [-0.05, 0) is 48.4 Å². The van der Waals surface area contributed by atoms with Crippen LogP contribution in [0.1, 0.15) is 24.1 Å². The second kappa shape index (κ2) is 6.79. The molecule has 0 unspecified atom stereocenters. The molecule has 0 spiro atoms. The van der Waals surface area contributed by atoms with Crippen LogP contribution in [-0.4, -0.2) is 5.91 Å². The molecule has 2 aromatic carbocycles. The average Bonchev–Trinajstić information content (AvgIpc) is 2.46. The van der Waals surface area contributed by atoms with E-state index in [1.54, 1.807) is 31.2 Å². The Hall–Kier alpha value is -2.49. The van der Waals surface area contributed by atoms with Gasteiger partial charge in [0.1, 0.15) is 11.6 Å². The fourth-order valence-electron chi connectivity index (χ4n) is 1.88. The van der Waals surface area contributed by atoms with Crippen LogP contribution in [0.3, 0.4) is 0 Å². The number of carbonyl (C=O) groups excluding carboxylic acids is 1. The van der Waals surface area contributed by atoms with Crippen LogP contribution < -0.4 is 5.32 Å². The number of amides is 1. The molecule has 0 heterocycles. The van der Waals surface area contributed by atoms with Crippen molar-refractivity contribution in [3.63, 3.8) is 0 Å². The summed E-state index contributed by atoms with van der Waals surface area (Å²) in [5, 5.41) is 2.76. The molecule has 2 aromatic rings. The molecule has 0 aliphatic rings. The van der Waals surface area contributed by atoms with E-state index in [1.807, 2.05) is 0 Å². The van der Waals surface area contributed by atoms with Gasteiger partial charge in [0.15, 0.2) is 0 Å². The number of carbonyl (C=O) groups is 1. The van der Waals surface area contributed by atoms with Crippen LogP contribution in [0.25, 0.3) is 6.08 Å². The summed E-state index contributed by atoms with van der Waals surface area (Å²) in [5.41, 5.74) is 1.42. The zero-order chi connectivity index (χ0) is 15.2. The van der Waals surface area contributed by atoms with Gasteiger partial charge < -0.3 is 5.32 Å². The first kappa shape index (κ1) is 14.9. The van der Waals surface area contributed by atoms with Gasteiger partial charge in [-0.1, -0.05) is 24.3 Å². The minimum Gasteiger partial charge on any atom is -0.346 e. The lowest BCUT2D eigenvalue weighted by atomic mass is 10.1. The van der Waals surface area contributed by atoms with Gasteiger partial charge in [-0.15, -0.1) is 0 Å². The van der Waals surface area contributed by atoms with E-state index >= 15 is 0 Å². The Morgan fingerprint density at radius 3 is 2.48 bits per heavy atom. The number of hydrogen-bond acceptors (Lipinski definition) is 1. The number of nitrogens with one attached hydrogen (secondary N) is 1. The molecule has 0 saturated heterocycles. The predicted octanol–water partition coefficient (Wildman–Crippen LogP) is 3.86. The number of benzene rings is 2. The maximum Gasteiger partial charge on any atom is 0.244 e. The van der Waals surface area contributed by atoms with Crippen LogP contribution >= 0.6 is 0 Å². The quantitative estimate of drug-likeness (QED) is 0.850. The summed E-state index contributed by atoms with van der Waals surface area (Å²) in [6, 6.07) is 11.7. The Morgan fingerprint density at radius 2 is 1.81 bits per heavy atom. The van der Waals surface area contributed by atoms with Crippen molar-refractivity contribution in [1.82, 2.24) is 5.32 Å². The van der Waals surface area contributed by atoms with E-state index in [0.29, 0.717) is 5.56 Å². The zero-order valence-corrected chi connectivity index (χ0v) is 11.5. The van der Waals surface area contributed by atoms with E-state index in [0.717, 1.165) is 5.56 Å². The van der Waals surface area contributed by atoms with Crippen LogP contribution in [-0.2, 0) is 4.79 Å². The number of hydrogen-bond donors (Lipinski definition) is 1. The van der Waals surface area contributed by atoms with Gasteiger partial charge in [-0.3, -0.25) is 4.79 Å². The largest absolute Gasteiger partial charge is 0.346 e. The van der Waals surface area contributed by atoms with Gasteiger partial charge in [0.05, 0.1) is 6.04 Å². The van der Waals surface area contributed by atoms with Crippen molar-refractivity contribution < 1.29 is 13.6 Å². The summed E-state index contributed by atoms with van der Waals surface area (Å²) in [4.78, 5) is 11.8. The molecule has 0 aliphatic heterocycles. The second-order valence-corrected chi connectivity index (χ2v) is 4.67. The Balaban J connectivity index is 1.96. The molecule has 2 nitrogen and oxygen atoms in total. The second-order valence-electron chi connectivity index (χ2n) is 4.67. The maximum atomic E-state index is 13.0. The Bertz CT molecular complexity index is 650. The highest BCUT2D eigenvalue weighted by atomic mass is 19.1. The average molecular weight is 287 g/mol. The molecule has 1 N–H and O–H groups in total. The normalized spacial score (nSPS) is 12.3. The molecule has 21 heavy (non-hydrogen) atoms. The van der Waals surface area contributed by atoms with E-state index in [2.05, 4.69) is 5.32 Å². The Kier molecular flexibility index (Phi) is 4.82. The standard InChI is InChI=1S/C17H15F2NO/c1-12(14-6-8-15(18)9-7-14)20-17(21)10-5-13-3-2-4-16(19)11-13/h2-12H,1H3,(H,20,21)/b10-5+/t12-/m0/s1. The Labute approximate surface area is 122 Å². The molecule has 2 rings (SSSR count). The summed E-state index contributed by atoms with van der Waals surface area (Å²) in [6.07, 6.45) is 2.88. The molecule has 108 valence electrons. The minimum absolute atomic E-state index is 0.241. The van der Waals surface area contributed by atoms with Crippen molar-refractivity contribution >= 4 is 12.0 Å². The lowest BCUT2D eigenvalue weighted by molar-refractivity contribution is -0.117. The van der Waals surface area contributed by atoms with Crippen LogP contribution in [0.5, 0.6) is 0 Å². The maximum absolute atomic E-state index is 13.0. The molecule has 0 bridgehead atoms. The van der Waals surface area contributed by atoms with Crippen molar-refractivity contribution in [2.24, 2.45) is 0 Å². The van der Waals surface area contributed by atoms with Crippen molar-refractivity contribution in [2.45, 2.75) is 13.0 Å². The monoisotopic (exact) mass is 287 g/mol. The van der Waals surface area contributed by atoms with Crippen molar-refractivity contribution in [3.8, 4) is 0 Å². The van der Waals surface area contributed by atoms with Gasteiger partial charge in [-0.2, -0.15) is 0 Å². The zero-order valence-electron chi connectivity index (χ0n) is 11.5. The molecule has 0 radical (unpaired) electrons. The third kappa shape index (κ3) is 4.53. The van der Waals surface area contributed by atoms with E-state index < -0.39 is 0 Å². The minimum atomic E-state index is -0.350. The molecule has 1 atom stereocenters. The summed E-state index contributed by atoms with van der Waals surface area (Å²) in [7, 11) is 0. The van der Waals surface area contributed by atoms with Crippen LogP contribution in [0.4, 0.5) is 8.78 Å². The number of rotatable bonds is 4.